The van der Waals surface area contributed by atoms with Crippen molar-refractivity contribution in [1.29, 1.82) is 0 Å². The highest BCUT2D eigenvalue weighted by atomic mass is 16.5. The van der Waals surface area contributed by atoms with Gasteiger partial charge in [-0.05, 0) is 68.2 Å². The Bertz CT molecular complexity index is 653. The quantitative estimate of drug-likeness (QED) is 0.338. The normalized spacial score (nSPS) is 19.5. The van der Waals surface area contributed by atoms with Crippen molar-refractivity contribution < 1.29 is 9.47 Å². The van der Waals surface area contributed by atoms with E-state index in [1.165, 1.54) is 37.1 Å². The summed E-state index contributed by atoms with van der Waals surface area (Å²) >= 11 is 0. The first-order valence-corrected chi connectivity index (χ1v) is 12.1. The molecule has 2 aliphatic heterocycles. The van der Waals surface area contributed by atoms with Gasteiger partial charge >= 0.3 is 0 Å². The molecule has 3 rings (SSSR count). The first kappa shape index (κ1) is 24.0. The van der Waals surface area contributed by atoms with Crippen LogP contribution in [-0.2, 0) is 22.6 Å². The number of piperidine rings is 1. The van der Waals surface area contributed by atoms with Gasteiger partial charge in [-0.15, -0.1) is 0 Å². The van der Waals surface area contributed by atoms with Gasteiger partial charge in [0.2, 0.25) is 0 Å². The summed E-state index contributed by atoms with van der Waals surface area (Å²) in [5.74, 6) is 2.40. The van der Waals surface area contributed by atoms with Crippen molar-refractivity contribution in [2.24, 2.45) is 16.8 Å². The van der Waals surface area contributed by atoms with Crippen LogP contribution in [0, 0.1) is 11.8 Å². The van der Waals surface area contributed by atoms with Gasteiger partial charge in [0.15, 0.2) is 5.96 Å². The van der Waals surface area contributed by atoms with Gasteiger partial charge < -0.3 is 20.1 Å². The topological polar surface area (TPSA) is 58.1 Å². The Hall–Kier alpha value is -1.63. The summed E-state index contributed by atoms with van der Waals surface area (Å²) in [6.07, 6.45) is 5.89. The van der Waals surface area contributed by atoms with Crippen LogP contribution in [-0.4, -0.2) is 64.0 Å². The molecule has 0 spiro atoms. The van der Waals surface area contributed by atoms with Gasteiger partial charge in [-0.2, -0.15) is 0 Å². The molecule has 1 aromatic rings. The van der Waals surface area contributed by atoms with Crippen LogP contribution in [0.3, 0.4) is 0 Å². The summed E-state index contributed by atoms with van der Waals surface area (Å²) < 4.78 is 11.2. The maximum Gasteiger partial charge on any atom is 0.191 e. The Kier molecular flexibility index (Phi) is 10.6. The van der Waals surface area contributed by atoms with E-state index in [-0.39, 0.29) is 0 Å². The van der Waals surface area contributed by atoms with Gasteiger partial charge in [0.05, 0.1) is 0 Å². The van der Waals surface area contributed by atoms with Gasteiger partial charge in [-0.1, -0.05) is 31.2 Å². The van der Waals surface area contributed by atoms with Crippen molar-refractivity contribution in [1.82, 2.24) is 15.5 Å². The molecule has 0 atom stereocenters. The lowest BCUT2D eigenvalue weighted by Gasteiger charge is -2.30. The fourth-order valence-electron chi connectivity index (χ4n) is 4.27. The van der Waals surface area contributed by atoms with E-state index in [2.05, 4.69) is 51.7 Å². The second-order valence-corrected chi connectivity index (χ2v) is 9.12. The molecule has 1 aromatic carbocycles. The zero-order valence-electron chi connectivity index (χ0n) is 19.6. The van der Waals surface area contributed by atoms with E-state index in [4.69, 9.17) is 9.47 Å². The Morgan fingerprint density at radius 2 is 1.90 bits per heavy atom. The standard InChI is InChI=1S/C25H42N4O2/c1-21-7-12-29(13-8-21)19-24-6-3-5-23(17-24)18-28-25(26-2)27-11-4-14-31-20-22-9-15-30-16-10-22/h3,5-6,17,21-22H,4,7-16,18-20H2,1-2H3,(H2,26,27,28). The third kappa shape index (κ3) is 9.17. The maximum atomic E-state index is 5.84. The van der Waals surface area contributed by atoms with Crippen LogP contribution in [0.5, 0.6) is 0 Å². The lowest BCUT2D eigenvalue weighted by molar-refractivity contribution is 0.0203. The van der Waals surface area contributed by atoms with Crippen LogP contribution in [0.1, 0.15) is 50.2 Å². The third-order valence-corrected chi connectivity index (χ3v) is 6.41. The molecule has 0 amide bonds. The number of aliphatic imine (C=N–C) groups is 1. The molecule has 6 heteroatoms. The zero-order chi connectivity index (χ0) is 21.7. The average Bonchev–Trinajstić information content (AvgIpc) is 2.80. The van der Waals surface area contributed by atoms with Crippen molar-refractivity contribution in [2.45, 2.75) is 52.1 Å². The van der Waals surface area contributed by atoms with E-state index in [0.717, 1.165) is 77.2 Å². The van der Waals surface area contributed by atoms with Gasteiger partial charge in [-0.3, -0.25) is 9.89 Å². The number of rotatable bonds is 10. The minimum Gasteiger partial charge on any atom is -0.381 e. The number of benzene rings is 1. The maximum absolute atomic E-state index is 5.84. The van der Waals surface area contributed by atoms with E-state index in [0.29, 0.717) is 5.92 Å². The van der Waals surface area contributed by atoms with Gasteiger partial charge in [0, 0.05) is 53.1 Å². The molecule has 2 aliphatic rings. The Labute approximate surface area is 188 Å². The monoisotopic (exact) mass is 430 g/mol. The summed E-state index contributed by atoms with van der Waals surface area (Å²) in [6, 6.07) is 8.93. The molecule has 0 aromatic heterocycles. The Morgan fingerprint density at radius 3 is 2.68 bits per heavy atom. The number of likely N-dealkylation sites (tertiary alicyclic amines) is 1. The zero-order valence-corrected chi connectivity index (χ0v) is 19.6. The fourth-order valence-corrected chi connectivity index (χ4v) is 4.27. The van der Waals surface area contributed by atoms with Crippen molar-refractivity contribution >= 4 is 5.96 Å². The summed E-state index contributed by atoms with van der Waals surface area (Å²) in [6.45, 7) is 10.9. The van der Waals surface area contributed by atoms with Crippen molar-refractivity contribution in [3.63, 3.8) is 0 Å². The predicted octanol–water partition coefficient (Wildman–Crippen LogP) is 3.42. The lowest BCUT2D eigenvalue weighted by Crippen LogP contribution is -2.37. The third-order valence-electron chi connectivity index (χ3n) is 6.41. The van der Waals surface area contributed by atoms with E-state index in [1.807, 2.05) is 7.05 Å². The minimum absolute atomic E-state index is 0.672. The van der Waals surface area contributed by atoms with E-state index in [9.17, 15) is 0 Å². The smallest absolute Gasteiger partial charge is 0.191 e. The molecule has 2 N–H and O–H groups in total. The minimum atomic E-state index is 0.672. The number of nitrogens with one attached hydrogen (secondary N) is 2. The van der Waals surface area contributed by atoms with Gasteiger partial charge in [-0.25, -0.2) is 0 Å². The molecule has 0 unspecified atom stereocenters. The molecule has 0 saturated carbocycles. The van der Waals surface area contributed by atoms with Crippen LogP contribution in [0.15, 0.2) is 29.3 Å². The molecule has 174 valence electrons. The Balaban J connectivity index is 1.30. The molecule has 2 saturated heterocycles. The number of nitrogens with zero attached hydrogens (tertiary/aromatic N) is 2. The van der Waals surface area contributed by atoms with Crippen molar-refractivity contribution in [3.05, 3.63) is 35.4 Å². The highest BCUT2D eigenvalue weighted by Crippen LogP contribution is 2.18. The van der Waals surface area contributed by atoms with Gasteiger partial charge in [0.25, 0.3) is 0 Å². The summed E-state index contributed by atoms with van der Waals surface area (Å²) in [7, 11) is 1.82. The van der Waals surface area contributed by atoms with Crippen LogP contribution in [0.25, 0.3) is 0 Å². The van der Waals surface area contributed by atoms with E-state index in [1.54, 1.807) is 0 Å². The van der Waals surface area contributed by atoms with Crippen LogP contribution < -0.4 is 10.6 Å². The largest absolute Gasteiger partial charge is 0.381 e. The molecule has 0 bridgehead atoms. The fraction of sp³-hybridized carbons (Fsp3) is 0.720. The number of hydrogen-bond donors (Lipinski definition) is 2. The second-order valence-electron chi connectivity index (χ2n) is 9.12. The number of guanidine groups is 1. The average molecular weight is 431 g/mol. The molecule has 2 heterocycles. The van der Waals surface area contributed by atoms with Crippen LogP contribution in [0.4, 0.5) is 0 Å². The Morgan fingerprint density at radius 1 is 1.13 bits per heavy atom. The molecule has 0 radical (unpaired) electrons. The van der Waals surface area contributed by atoms with E-state index < -0.39 is 0 Å². The lowest BCUT2D eigenvalue weighted by atomic mass is 9.98. The van der Waals surface area contributed by atoms with Crippen LogP contribution in [0.2, 0.25) is 0 Å². The second kappa shape index (κ2) is 13.7. The summed E-state index contributed by atoms with van der Waals surface area (Å²) in [5.41, 5.74) is 2.70. The van der Waals surface area contributed by atoms with Crippen molar-refractivity contribution in [2.75, 3.05) is 53.1 Å². The molecular weight excluding hydrogens is 388 g/mol. The molecule has 6 nitrogen and oxygen atoms in total. The van der Waals surface area contributed by atoms with Crippen LogP contribution >= 0.6 is 0 Å². The molecule has 0 aliphatic carbocycles. The summed E-state index contributed by atoms with van der Waals surface area (Å²) in [5, 5.41) is 6.83. The number of ether oxygens (including phenoxy) is 2. The highest BCUT2D eigenvalue weighted by molar-refractivity contribution is 5.79. The molecule has 31 heavy (non-hydrogen) atoms. The SMILES string of the molecule is CN=C(NCCCOCC1CCOCC1)NCc1cccc(CN2CCC(C)CC2)c1. The first-order chi connectivity index (χ1) is 15.2. The molecular formula is C25H42N4O2. The number of hydrogen-bond acceptors (Lipinski definition) is 4. The van der Waals surface area contributed by atoms with E-state index >= 15 is 0 Å². The van der Waals surface area contributed by atoms with Gasteiger partial charge in [0.1, 0.15) is 0 Å². The predicted molar refractivity (Wildman–Crippen MR) is 127 cm³/mol. The first-order valence-electron chi connectivity index (χ1n) is 12.1. The van der Waals surface area contributed by atoms with Crippen molar-refractivity contribution in [3.8, 4) is 0 Å². The summed E-state index contributed by atoms with van der Waals surface area (Å²) in [4.78, 5) is 6.93. The highest BCUT2D eigenvalue weighted by Gasteiger charge is 2.16. The molecule has 2 fully saturated rings.